The molecule has 7 rings (SSSR count). The number of carbonyl (C=O) groups is 3. The van der Waals surface area contributed by atoms with Gasteiger partial charge in [-0.25, -0.2) is 0 Å². The summed E-state index contributed by atoms with van der Waals surface area (Å²) in [7, 11) is 0. The molecule has 180 valence electrons. The Kier molecular flexibility index (Phi) is 4.81. The summed E-state index contributed by atoms with van der Waals surface area (Å²) in [5.74, 6) is -1.53. The molecule has 3 aliphatic heterocycles. The first-order valence-corrected chi connectivity index (χ1v) is 13.1. The summed E-state index contributed by atoms with van der Waals surface area (Å²) < 4.78 is 0. The molecule has 4 atom stereocenters. The van der Waals surface area contributed by atoms with E-state index < -0.39 is 23.4 Å². The van der Waals surface area contributed by atoms with Crippen LogP contribution < -0.4 is 5.32 Å². The highest BCUT2D eigenvalue weighted by Crippen LogP contribution is 2.62. The fourth-order valence-electron chi connectivity index (χ4n) is 6.51. The Morgan fingerprint density at radius 3 is 2.41 bits per heavy atom. The molecule has 5 nitrogen and oxygen atoms in total. The van der Waals surface area contributed by atoms with Crippen LogP contribution in [0.2, 0.25) is 0 Å². The molecule has 0 unspecified atom stereocenters. The Morgan fingerprint density at radius 2 is 1.59 bits per heavy atom. The number of nitrogens with zero attached hydrogens (tertiary/aromatic N) is 1. The van der Waals surface area contributed by atoms with E-state index >= 15 is 0 Å². The lowest BCUT2D eigenvalue weighted by Gasteiger charge is -2.38. The molecule has 0 radical (unpaired) electrons. The number of carbonyl (C=O) groups excluding carboxylic acids is 3. The molecule has 37 heavy (non-hydrogen) atoms. The van der Waals surface area contributed by atoms with E-state index in [-0.39, 0.29) is 17.5 Å². The maximum Gasteiger partial charge on any atom is 0.238 e. The molecular formula is C31H22N2O3S. The number of para-hydroxylation sites is 1. The van der Waals surface area contributed by atoms with E-state index in [0.29, 0.717) is 16.1 Å². The van der Waals surface area contributed by atoms with Crippen molar-refractivity contribution in [1.29, 1.82) is 0 Å². The number of Topliss-reactive ketones (excluding diaryl/α,β-unsaturated/α-hetero) is 2. The topological polar surface area (TPSA) is 66.5 Å². The highest BCUT2D eigenvalue weighted by Gasteiger charge is 2.70. The zero-order valence-corrected chi connectivity index (χ0v) is 20.5. The lowest BCUT2D eigenvalue weighted by atomic mass is 9.63. The van der Waals surface area contributed by atoms with Crippen molar-refractivity contribution in [2.24, 2.45) is 5.92 Å². The summed E-state index contributed by atoms with van der Waals surface area (Å²) in [5, 5.41) is 4.94. The Morgan fingerprint density at radius 1 is 0.838 bits per heavy atom. The number of thiophene rings is 1. The summed E-state index contributed by atoms with van der Waals surface area (Å²) in [6, 6.07) is 26.8. The minimum absolute atomic E-state index is 0.146. The molecule has 4 heterocycles. The molecule has 1 spiro atoms. The third-order valence-corrected chi connectivity index (χ3v) is 8.83. The maximum absolute atomic E-state index is 14.5. The van der Waals surface area contributed by atoms with Crippen molar-refractivity contribution in [2.75, 3.05) is 5.32 Å². The van der Waals surface area contributed by atoms with Crippen molar-refractivity contribution in [3.05, 3.63) is 130 Å². The van der Waals surface area contributed by atoms with Gasteiger partial charge in [0.2, 0.25) is 5.91 Å². The summed E-state index contributed by atoms with van der Waals surface area (Å²) in [4.78, 5) is 45.6. The van der Waals surface area contributed by atoms with E-state index in [4.69, 9.17) is 0 Å². The minimum atomic E-state index is -1.29. The number of hydrogen-bond donors (Lipinski definition) is 1. The number of rotatable bonds is 4. The van der Waals surface area contributed by atoms with Crippen LogP contribution in [0.3, 0.4) is 0 Å². The second-order valence-corrected chi connectivity index (χ2v) is 10.6. The highest BCUT2D eigenvalue weighted by molar-refractivity contribution is 7.12. The second kappa shape index (κ2) is 8.11. The van der Waals surface area contributed by atoms with Crippen molar-refractivity contribution in [2.45, 2.75) is 17.5 Å². The number of fused-ring (bicyclic) bond motifs is 6. The summed E-state index contributed by atoms with van der Waals surface area (Å²) >= 11 is 1.36. The molecule has 3 aromatic carbocycles. The van der Waals surface area contributed by atoms with Gasteiger partial charge in [0.1, 0.15) is 11.5 Å². The van der Waals surface area contributed by atoms with Crippen LogP contribution in [0.15, 0.2) is 103 Å². The average Bonchev–Trinajstić information content (AvgIpc) is 3.65. The van der Waals surface area contributed by atoms with Gasteiger partial charge >= 0.3 is 0 Å². The van der Waals surface area contributed by atoms with Gasteiger partial charge in [-0.2, -0.15) is 0 Å². The van der Waals surface area contributed by atoms with Crippen molar-refractivity contribution in [3.63, 3.8) is 0 Å². The zero-order chi connectivity index (χ0) is 25.1. The molecule has 0 saturated carbocycles. The molecule has 3 aliphatic rings. The first-order valence-electron chi connectivity index (χ1n) is 12.2. The predicted octanol–water partition coefficient (Wildman–Crippen LogP) is 5.73. The quantitative estimate of drug-likeness (QED) is 0.362. The van der Waals surface area contributed by atoms with Crippen LogP contribution in [0, 0.1) is 5.92 Å². The monoisotopic (exact) mass is 502 g/mol. The van der Waals surface area contributed by atoms with E-state index in [9.17, 15) is 14.4 Å². The fourth-order valence-corrected chi connectivity index (χ4v) is 7.21. The molecule has 0 aliphatic carbocycles. The zero-order valence-electron chi connectivity index (χ0n) is 19.7. The van der Waals surface area contributed by atoms with Gasteiger partial charge < -0.3 is 10.2 Å². The van der Waals surface area contributed by atoms with E-state index in [2.05, 4.69) is 5.32 Å². The van der Waals surface area contributed by atoms with Gasteiger partial charge in [0.05, 0.1) is 16.8 Å². The van der Waals surface area contributed by atoms with E-state index in [1.807, 2.05) is 95.4 Å². The van der Waals surface area contributed by atoms with Crippen LogP contribution in [-0.2, 0) is 10.2 Å². The fraction of sp³-hybridized carbons (Fsp3) is 0.129. The minimum Gasteiger partial charge on any atom is -0.358 e. The van der Waals surface area contributed by atoms with Gasteiger partial charge in [0, 0.05) is 17.5 Å². The highest BCUT2D eigenvalue weighted by atomic mass is 32.1. The van der Waals surface area contributed by atoms with Crippen LogP contribution in [0.25, 0.3) is 6.08 Å². The second-order valence-electron chi connectivity index (χ2n) is 9.66. The smallest absolute Gasteiger partial charge is 0.238 e. The number of amides is 1. The number of anilines is 1. The van der Waals surface area contributed by atoms with Gasteiger partial charge in [-0.1, -0.05) is 78.9 Å². The SMILES string of the molecule is O=C(c1cccs1)[C@@H]1[C@H](C(=O)c2ccccc2)[C@]2(C(=O)Nc3ccccc32)[C@H]2c3ccccc3C=CN12. The third-order valence-electron chi connectivity index (χ3n) is 7.94. The molecular weight excluding hydrogens is 480 g/mol. The average molecular weight is 503 g/mol. The molecule has 4 aromatic rings. The van der Waals surface area contributed by atoms with Crippen LogP contribution in [0.4, 0.5) is 5.69 Å². The number of ketones is 2. The Hall–Kier alpha value is -4.29. The van der Waals surface area contributed by atoms with Gasteiger partial charge in [-0.05, 0) is 40.3 Å². The molecule has 0 bridgehead atoms. The van der Waals surface area contributed by atoms with E-state index in [0.717, 1.165) is 16.7 Å². The molecule has 1 aromatic heterocycles. The lowest BCUT2D eigenvalue weighted by molar-refractivity contribution is -0.122. The van der Waals surface area contributed by atoms with Gasteiger partial charge in [0.15, 0.2) is 11.6 Å². The summed E-state index contributed by atoms with van der Waals surface area (Å²) in [6.45, 7) is 0. The number of nitrogens with one attached hydrogen (secondary N) is 1. The van der Waals surface area contributed by atoms with Crippen molar-refractivity contribution >= 4 is 40.6 Å². The van der Waals surface area contributed by atoms with Gasteiger partial charge in [-0.15, -0.1) is 11.3 Å². The number of benzene rings is 3. The Bertz CT molecular complexity index is 1590. The van der Waals surface area contributed by atoms with Crippen LogP contribution in [-0.4, -0.2) is 28.4 Å². The van der Waals surface area contributed by atoms with Crippen molar-refractivity contribution in [3.8, 4) is 0 Å². The normalized spacial score (nSPS) is 24.9. The van der Waals surface area contributed by atoms with Crippen LogP contribution in [0.1, 0.15) is 42.8 Å². The molecule has 1 amide bonds. The summed E-state index contributed by atoms with van der Waals surface area (Å²) in [6.07, 6.45) is 3.87. The molecule has 1 saturated heterocycles. The standard InChI is InChI=1S/C31H22N2O3S/c34-27(20-10-2-1-3-11-20)25-26(28(35)24-15-8-18-37-24)33-17-16-19-9-4-5-12-21(19)29(33)31(25)22-13-6-7-14-23(22)32-30(31)36/h1-18,25-26,29H,(H,32,36)/t25-,26+,29-,31+/m1/s1. The van der Waals surface area contributed by atoms with Crippen LogP contribution in [0.5, 0.6) is 0 Å². The van der Waals surface area contributed by atoms with E-state index in [1.54, 1.807) is 18.2 Å². The van der Waals surface area contributed by atoms with Gasteiger partial charge in [-0.3, -0.25) is 14.4 Å². The molecule has 6 heteroatoms. The largest absolute Gasteiger partial charge is 0.358 e. The third kappa shape index (κ3) is 2.93. The van der Waals surface area contributed by atoms with Crippen molar-refractivity contribution < 1.29 is 14.4 Å². The first kappa shape index (κ1) is 21.9. The lowest BCUT2D eigenvalue weighted by Crippen LogP contribution is -2.49. The molecule has 1 fully saturated rings. The Labute approximate surface area is 218 Å². The van der Waals surface area contributed by atoms with Crippen LogP contribution >= 0.6 is 11.3 Å². The van der Waals surface area contributed by atoms with E-state index in [1.165, 1.54) is 11.3 Å². The van der Waals surface area contributed by atoms with Crippen molar-refractivity contribution in [1.82, 2.24) is 4.90 Å². The maximum atomic E-state index is 14.5. The van der Waals surface area contributed by atoms with Gasteiger partial charge in [0.25, 0.3) is 0 Å². The molecule has 1 N–H and O–H groups in total. The predicted molar refractivity (Wildman–Crippen MR) is 144 cm³/mol. The Balaban J connectivity index is 1.56. The first-order chi connectivity index (χ1) is 18.1. The number of hydrogen-bond acceptors (Lipinski definition) is 5. The summed E-state index contributed by atoms with van der Waals surface area (Å²) in [5.41, 5.74) is 2.57.